The van der Waals surface area contributed by atoms with Gasteiger partial charge in [0.1, 0.15) is 23.4 Å². The molecule has 4 aromatic rings. The molecule has 3 aromatic heterocycles. The number of benzene rings is 1. The minimum absolute atomic E-state index is 0.0431. The molecule has 0 spiro atoms. The quantitative estimate of drug-likeness (QED) is 0.140. The molecule has 0 bridgehead atoms. The summed E-state index contributed by atoms with van der Waals surface area (Å²) in [5, 5.41) is 30.8. The number of ether oxygens (including phenoxy) is 1. The summed E-state index contributed by atoms with van der Waals surface area (Å²) in [7, 11) is 1.87. The molecule has 3 heterocycles. The number of nitrogens with one attached hydrogen (secondary N) is 2. The average Bonchev–Trinajstić information content (AvgIpc) is 3.95. The Balaban J connectivity index is 0.000000185. The molecule has 236 valence electrons. The molecule has 0 saturated heterocycles. The number of rotatable bonds is 12. The molecule has 1 unspecified atom stereocenters. The number of hydrogen-bond donors (Lipinski definition) is 4. The third kappa shape index (κ3) is 7.30. The lowest BCUT2D eigenvalue weighted by molar-refractivity contribution is 0.271. The number of aryl methyl sites for hydroxylation is 1. The van der Waals surface area contributed by atoms with Gasteiger partial charge in [-0.3, -0.25) is 0 Å². The molecule has 6 rings (SSSR count). The Morgan fingerprint density at radius 1 is 1.05 bits per heavy atom. The third-order valence-electron chi connectivity index (χ3n) is 7.99. The number of aromatic nitrogens is 3. The van der Waals surface area contributed by atoms with Crippen molar-refractivity contribution < 1.29 is 23.7 Å². The minimum Gasteiger partial charge on any atom is -0.504 e. The van der Waals surface area contributed by atoms with E-state index in [0.717, 1.165) is 66.6 Å². The summed E-state index contributed by atoms with van der Waals surface area (Å²) in [6.45, 7) is 6.94. The molecular formula is C34H43F2N5O3. The Morgan fingerprint density at radius 3 is 2.45 bits per heavy atom. The molecule has 2 aliphatic rings. The zero-order valence-electron chi connectivity index (χ0n) is 26.0. The maximum Gasteiger partial charge on any atom is 0.215 e. The smallest absolute Gasteiger partial charge is 0.215 e. The van der Waals surface area contributed by atoms with Crippen molar-refractivity contribution in [1.82, 2.24) is 19.9 Å². The number of aliphatic hydroxyl groups excluding tert-OH is 1. The van der Waals surface area contributed by atoms with Crippen LogP contribution in [0.3, 0.4) is 0 Å². The SMILES string of the molecule is CCCC(CNC)c1cc(NCC)c(O)c(-c2cc(C)c(F)cc2F)n1.OCc1cc(OC2CC2)n2nc(C3CC3)cc2c1. The summed E-state index contributed by atoms with van der Waals surface area (Å²) in [6.07, 6.45) is 6.98. The summed E-state index contributed by atoms with van der Waals surface area (Å²) in [6, 6.07) is 10.0. The number of nitrogens with zero attached hydrogens (tertiary/aromatic N) is 3. The zero-order chi connectivity index (χ0) is 31.4. The Labute approximate surface area is 257 Å². The molecule has 2 aliphatic carbocycles. The molecule has 0 amide bonds. The molecule has 0 aliphatic heterocycles. The number of aliphatic hydroxyl groups is 1. The highest BCUT2D eigenvalue weighted by molar-refractivity contribution is 5.75. The van der Waals surface area contributed by atoms with Gasteiger partial charge in [-0.15, -0.1) is 0 Å². The van der Waals surface area contributed by atoms with Gasteiger partial charge in [0.15, 0.2) is 5.75 Å². The van der Waals surface area contributed by atoms with E-state index < -0.39 is 11.6 Å². The fourth-order valence-corrected chi connectivity index (χ4v) is 5.32. The maximum atomic E-state index is 14.4. The van der Waals surface area contributed by atoms with Crippen LogP contribution in [0.25, 0.3) is 16.8 Å². The summed E-state index contributed by atoms with van der Waals surface area (Å²) >= 11 is 0. The third-order valence-corrected chi connectivity index (χ3v) is 7.99. The van der Waals surface area contributed by atoms with Gasteiger partial charge in [0.2, 0.25) is 5.88 Å². The highest BCUT2D eigenvalue weighted by Gasteiger charge is 2.28. The number of fused-ring (bicyclic) bond motifs is 1. The first-order chi connectivity index (χ1) is 21.3. The van der Waals surface area contributed by atoms with Gasteiger partial charge < -0.3 is 25.6 Å². The summed E-state index contributed by atoms with van der Waals surface area (Å²) in [5.74, 6) is 0.0535. The van der Waals surface area contributed by atoms with Crippen LogP contribution in [0.4, 0.5) is 14.5 Å². The van der Waals surface area contributed by atoms with Gasteiger partial charge in [0.25, 0.3) is 0 Å². The Bertz CT molecular complexity index is 1590. The van der Waals surface area contributed by atoms with Crippen molar-refractivity contribution in [2.45, 2.75) is 83.8 Å². The molecule has 2 saturated carbocycles. The fraction of sp³-hybridized carbons (Fsp3) is 0.471. The summed E-state index contributed by atoms with van der Waals surface area (Å²) in [5.41, 5.74) is 4.89. The van der Waals surface area contributed by atoms with E-state index in [-0.39, 0.29) is 29.5 Å². The van der Waals surface area contributed by atoms with Crippen LogP contribution >= 0.6 is 0 Å². The van der Waals surface area contributed by atoms with Gasteiger partial charge in [-0.05, 0) is 88.4 Å². The molecule has 4 N–H and O–H groups in total. The topological polar surface area (TPSA) is 104 Å². The number of halogens is 2. The van der Waals surface area contributed by atoms with Crippen LogP contribution in [0, 0.1) is 18.6 Å². The summed E-state index contributed by atoms with van der Waals surface area (Å²) < 4.78 is 35.8. The van der Waals surface area contributed by atoms with Crippen LogP contribution < -0.4 is 15.4 Å². The second-order valence-corrected chi connectivity index (χ2v) is 11.8. The first-order valence-electron chi connectivity index (χ1n) is 15.6. The van der Waals surface area contributed by atoms with Gasteiger partial charge in [-0.25, -0.2) is 18.3 Å². The zero-order valence-corrected chi connectivity index (χ0v) is 26.0. The van der Waals surface area contributed by atoms with Gasteiger partial charge in [0, 0.05) is 48.3 Å². The lowest BCUT2D eigenvalue weighted by atomic mass is 9.97. The van der Waals surface area contributed by atoms with Gasteiger partial charge in [-0.2, -0.15) is 5.10 Å². The monoisotopic (exact) mass is 607 g/mol. The van der Waals surface area contributed by atoms with Crippen molar-refractivity contribution in [2.75, 3.05) is 25.5 Å². The second kappa shape index (κ2) is 13.9. The first kappa shape index (κ1) is 31.7. The maximum absolute atomic E-state index is 14.4. The average molecular weight is 608 g/mol. The van der Waals surface area contributed by atoms with Crippen molar-refractivity contribution in [3.63, 3.8) is 0 Å². The Kier molecular flexibility index (Phi) is 10.0. The van der Waals surface area contributed by atoms with E-state index >= 15 is 0 Å². The lowest BCUT2D eigenvalue weighted by Crippen LogP contribution is -2.18. The summed E-state index contributed by atoms with van der Waals surface area (Å²) in [4.78, 5) is 4.56. The number of aromatic hydroxyl groups is 1. The second-order valence-electron chi connectivity index (χ2n) is 11.8. The predicted molar refractivity (Wildman–Crippen MR) is 168 cm³/mol. The van der Waals surface area contributed by atoms with Crippen molar-refractivity contribution in [2.24, 2.45) is 0 Å². The fourth-order valence-electron chi connectivity index (χ4n) is 5.32. The predicted octanol–water partition coefficient (Wildman–Crippen LogP) is 6.82. The molecule has 10 heteroatoms. The van der Waals surface area contributed by atoms with Crippen LogP contribution in [0.15, 0.2) is 36.4 Å². The number of likely N-dealkylation sites (N-methyl/N-ethyl adjacent to an activating group) is 1. The number of hydrogen-bond acceptors (Lipinski definition) is 7. The minimum atomic E-state index is -0.740. The normalized spacial score (nSPS) is 15.2. The molecule has 2 fully saturated rings. The van der Waals surface area contributed by atoms with Crippen molar-refractivity contribution >= 4 is 11.2 Å². The molecular weight excluding hydrogens is 564 g/mol. The lowest BCUT2D eigenvalue weighted by Gasteiger charge is -2.20. The van der Waals surface area contributed by atoms with E-state index in [1.807, 2.05) is 36.7 Å². The van der Waals surface area contributed by atoms with E-state index in [1.54, 1.807) is 6.92 Å². The number of pyridine rings is 2. The van der Waals surface area contributed by atoms with Crippen molar-refractivity contribution in [1.29, 1.82) is 0 Å². The van der Waals surface area contributed by atoms with Gasteiger partial charge in [0.05, 0.1) is 23.5 Å². The van der Waals surface area contributed by atoms with Crippen LogP contribution in [0.1, 0.15) is 86.7 Å². The van der Waals surface area contributed by atoms with Crippen LogP contribution in [-0.2, 0) is 6.61 Å². The highest BCUT2D eigenvalue weighted by Crippen LogP contribution is 2.41. The molecule has 8 nitrogen and oxygen atoms in total. The standard InChI is InChI=1S/C20H27F2N3O.C14H16N2O2/c1-5-7-13(11-23-4)17-10-18(24-6-2)20(26)19(25-17)14-8-12(3)15(21)9-16(14)22;17-8-9-5-11-7-13(10-1-2-10)15-16(11)14(6-9)18-12-3-4-12/h8-10,13,23,26H,5-7,11H2,1-4H3,(H,24,25);5-7,10,12,17H,1-4,8H2. The highest BCUT2D eigenvalue weighted by atomic mass is 19.1. The van der Waals surface area contributed by atoms with Gasteiger partial charge in [-0.1, -0.05) is 13.3 Å². The van der Waals surface area contributed by atoms with E-state index in [4.69, 9.17) is 4.74 Å². The van der Waals surface area contributed by atoms with Gasteiger partial charge >= 0.3 is 0 Å². The Hall–Kier alpha value is -3.76. The van der Waals surface area contributed by atoms with E-state index in [2.05, 4.69) is 33.7 Å². The molecule has 1 aromatic carbocycles. The van der Waals surface area contributed by atoms with E-state index in [1.165, 1.54) is 18.9 Å². The van der Waals surface area contributed by atoms with Crippen LogP contribution in [0.5, 0.6) is 11.6 Å². The first-order valence-corrected chi connectivity index (χ1v) is 15.6. The Morgan fingerprint density at radius 2 is 1.82 bits per heavy atom. The van der Waals surface area contributed by atoms with Crippen LogP contribution in [-0.4, -0.2) is 51.1 Å². The van der Waals surface area contributed by atoms with Crippen molar-refractivity contribution in [3.05, 3.63) is 70.5 Å². The number of anilines is 1. The van der Waals surface area contributed by atoms with Crippen molar-refractivity contribution in [3.8, 4) is 22.9 Å². The molecule has 0 radical (unpaired) electrons. The largest absolute Gasteiger partial charge is 0.504 e. The van der Waals surface area contributed by atoms with Crippen LogP contribution in [0.2, 0.25) is 0 Å². The molecule has 44 heavy (non-hydrogen) atoms. The molecule has 1 atom stereocenters. The van der Waals surface area contributed by atoms with E-state index in [0.29, 0.717) is 29.8 Å². The van der Waals surface area contributed by atoms with E-state index in [9.17, 15) is 19.0 Å².